The molecular formula is C15H12BrNO3S. The second kappa shape index (κ2) is 6.24. The third-order valence-corrected chi connectivity index (χ3v) is 5.06. The van der Waals surface area contributed by atoms with Crippen molar-refractivity contribution in [3.05, 3.63) is 65.7 Å². The largest absolute Gasteiger partial charge is 0.323 e. The van der Waals surface area contributed by atoms with Gasteiger partial charge >= 0.3 is 0 Å². The molecule has 21 heavy (non-hydrogen) atoms. The Kier molecular flexibility index (Phi) is 4.59. The predicted octanol–water partition coefficient (Wildman–Crippen LogP) is 3.41. The lowest BCUT2D eigenvalue weighted by molar-refractivity contribution is -0.111. The van der Waals surface area contributed by atoms with Crippen molar-refractivity contribution in [2.45, 2.75) is 9.79 Å². The number of hydrogen-bond acceptors (Lipinski definition) is 3. The molecule has 108 valence electrons. The summed E-state index contributed by atoms with van der Waals surface area (Å²) in [7, 11) is -3.56. The van der Waals surface area contributed by atoms with Gasteiger partial charge in [0.2, 0.25) is 15.7 Å². The van der Waals surface area contributed by atoms with Crippen LogP contribution in [0, 0.1) is 0 Å². The fourth-order valence-corrected chi connectivity index (χ4v) is 3.19. The van der Waals surface area contributed by atoms with Gasteiger partial charge in [0.1, 0.15) is 0 Å². The first-order valence-corrected chi connectivity index (χ1v) is 8.25. The van der Waals surface area contributed by atoms with Crippen molar-refractivity contribution in [2.24, 2.45) is 0 Å². The van der Waals surface area contributed by atoms with Crippen LogP contribution in [0.25, 0.3) is 0 Å². The maximum Gasteiger partial charge on any atom is 0.247 e. The Labute approximate surface area is 131 Å². The van der Waals surface area contributed by atoms with Crippen molar-refractivity contribution in [3.63, 3.8) is 0 Å². The lowest BCUT2D eigenvalue weighted by Crippen LogP contribution is -2.07. The third kappa shape index (κ3) is 3.59. The molecule has 0 aliphatic carbocycles. The molecule has 0 aliphatic rings. The Bertz CT molecular complexity index is 766. The first-order valence-electron chi connectivity index (χ1n) is 5.97. The molecule has 2 aromatic rings. The standard InChI is InChI=1S/C15H12BrNO3S/c1-2-15(18)17-12-5-9-14(10-6-12)21(19,20)13-7-3-11(16)4-8-13/h2-10H,1H2,(H,17,18). The average Bonchev–Trinajstić information content (AvgIpc) is 2.48. The van der Waals surface area contributed by atoms with Gasteiger partial charge < -0.3 is 5.32 Å². The number of amides is 1. The van der Waals surface area contributed by atoms with Crippen LogP contribution in [-0.4, -0.2) is 14.3 Å². The van der Waals surface area contributed by atoms with Crippen LogP contribution < -0.4 is 5.32 Å². The summed E-state index contributed by atoms with van der Waals surface area (Å²) in [6, 6.07) is 12.4. The highest BCUT2D eigenvalue weighted by atomic mass is 79.9. The molecule has 0 bridgehead atoms. The first kappa shape index (κ1) is 15.5. The van der Waals surface area contributed by atoms with Gasteiger partial charge in [-0.25, -0.2) is 8.42 Å². The molecular weight excluding hydrogens is 354 g/mol. The Morgan fingerprint density at radius 3 is 1.95 bits per heavy atom. The molecule has 0 saturated heterocycles. The van der Waals surface area contributed by atoms with Crippen molar-refractivity contribution in [1.82, 2.24) is 0 Å². The fourth-order valence-electron chi connectivity index (χ4n) is 1.66. The summed E-state index contributed by atoms with van der Waals surface area (Å²) in [5.74, 6) is -0.349. The highest BCUT2D eigenvalue weighted by Gasteiger charge is 2.17. The van der Waals surface area contributed by atoms with Gasteiger partial charge in [0.25, 0.3) is 0 Å². The molecule has 2 aromatic carbocycles. The molecule has 1 amide bonds. The number of halogens is 1. The van der Waals surface area contributed by atoms with Crippen LogP contribution in [0.2, 0.25) is 0 Å². The Morgan fingerprint density at radius 1 is 1.00 bits per heavy atom. The van der Waals surface area contributed by atoms with Crippen LogP contribution >= 0.6 is 15.9 Å². The molecule has 0 atom stereocenters. The molecule has 0 unspecified atom stereocenters. The van der Waals surface area contributed by atoms with E-state index in [0.29, 0.717) is 5.69 Å². The molecule has 1 N–H and O–H groups in total. The lowest BCUT2D eigenvalue weighted by atomic mass is 10.3. The van der Waals surface area contributed by atoms with E-state index in [1.54, 1.807) is 12.1 Å². The minimum Gasteiger partial charge on any atom is -0.323 e. The summed E-state index contributed by atoms with van der Waals surface area (Å²) in [5.41, 5.74) is 0.509. The van der Waals surface area contributed by atoms with Crippen LogP contribution in [0.4, 0.5) is 5.69 Å². The molecule has 0 aliphatic heterocycles. The van der Waals surface area contributed by atoms with E-state index < -0.39 is 9.84 Å². The van der Waals surface area contributed by atoms with Crippen molar-refractivity contribution < 1.29 is 13.2 Å². The van der Waals surface area contributed by atoms with E-state index in [9.17, 15) is 13.2 Å². The van der Waals surface area contributed by atoms with Gasteiger partial charge in [0.05, 0.1) is 9.79 Å². The number of rotatable bonds is 4. The van der Waals surface area contributed by atoms with Crippen LogP contribution in [0.5, 0.6) is 0 Å². The summed E-state index contributed by atoms with van der Waals surface area (Å²) >= 11 is 3.26. The topological polar surface area (TPSA) is 63.2 Å². The summed E-state index contributed by atoms with van der Waals surface area (Å²) in [6.07, 6.45) is 1.15. The number of carbonyl (C=O) groups is 1. The third-order valence-electron chi connectivity index (χ3n) is 2.74. The van der Waals surface area contributed by atoms with E-state index >= 15 is 0 Å². The van der Waals surface area contributed by atoms with E-state index in [1.165, 1.54) is 36.4 Å². The van der Waals surface area contributed by atoms with Gasteiger partial charge in [-0.15, -0.1) is 0 Å². The smallest absolute Gasteiger partial charge is 0.247 e. The van der Waals surface area contributed by atoms with E-state index in [2.05, 4.69) is 27.8 Å². The van der Waals surface area contributed by atoms with Gasteiger partial charge in [-0.3, -0.25) is 4.79 Å². The predicted molar refractivity (Wildman–Crippen MR) is 84.9 cm³/mol. The molecule has 0 spiro atoms. The number of hydrogen-bond donors (Lipinski definition) is 1. The quantitative estimate of drug-likeness (QED) is 0.844. The Hall–Kier alpha value is -1.92. The van der Waals surface area contributed by atoms with Gasteiger partial charge in [-0.2, -0.15) is 0 Å². The van der Waals surface area contributed by atoms with Crippen LogP contribution in [0.1, 0.15) is 0 Å². The highest BCUT2D eigenvalue weighted by molar-refractivity contribution is 9.10. The zero-order valence-corrected chi connectivity index (χ0v) is 13.3. The maximum absolute atomic E-state index is 12.4. The number of sulfone groups is 1. The van der Waals surface area contributed by atoms with Gasteiger partial charge in [0.15, 0.2) is 0 Å². The zero-order valence-electron chi connectivity index (χ0n) is 10.9. The average molecular weight is 366 g/mol. The zero-order chi connectivity index (χ0) is 15.5. The molecule has 2 rings (SSSR count). The molecule has 0 saturated carbocycles. The van der Waals surface area contributed by atoms with Crippen LogP contribution in [-0.2, 0) is 14.6 Å². The molecule has 0 fully saturated rings. The van der Waals surface area contributed by atoms with Crippen molar-refractivity contribution in [2.75, 3.05) is 5.32 Å². The fraction of sp³-hybridized carbons (Fsp3) is 0. The Morgan fingerprint density at radius 2 is 1.48 bits per heavy atom. The van der Waals surface area contributed by atoms with Gasteiger partial charge in [0, 0.05) is 10.2 Å². The first-order chi connectivity index (χ1) is 9.93. The lowest BCUT2D eigenvalue weighted by Gasteiger charge is -2.06. The summed E-state index contributed by atoms with van der Waals surface area (Å²) in [4.78, 5) is 11.5. The summed E-state index contributed by atoms with van der Waals surface area (Å²) in [5, 5.41) is 2.56. The number of nitrogens with one attached hydrogen (secondary N) is 1. The molecule has 0 radical (unpaired) electrons. The van der Waals surface area contributed by atoms with E-state index in [1.807, 2.05) is 0 Å². The Balaban J connectivity index is 2.31. The summed E-state index contributed by atoms with van der Waals surface area (Å²) in [6.45, 7) is 3.35. The van der Waals surface area contributed by atoms with Gasteiger partial charge in [-0.05, 0) is 54.6 Å². The minimum atomic E-state index is -3.56. The summed E-state index contributed by atoms with van der Waals surface area (Å²) < 4.78 is 25.6. The minimum absolute atomic E-state index is 0.168. The number of carbonyl (C=O) groups excluding carboxylic acids is 1. The maximum atomic E-state index is 12.4. The molecule has 0 aromatic heterocycles. The van der Waals surface area contributed by atoms with Crippen LogP contribution in [0.3, 0.4) is 0 Å². The van der Waals surface area contributed by atoms with Crippen molar-refractivity contribution >= 4 is 37.4 Å². The SMILES string of the molecule is C=CC(=O)Nc1ccc(S(=O)(=O)c2ccc(Br)cc2)cc1. The molecule has 6 heteroatoms. The van der Waals surface area contributed by atoms with Gasteiger partial charge in [-0.1, -0.05) is 22.5 Å². The van der Waals surface area contributed by atoms with Crippen LogP contribution in [0.15, 0.2) is 75.4 Å². The monoisotopic (exact) mass is 365 g/mol. The number of benzene rings is 2. The normalized spacial score (nSPS) is 10.9. The van der Waals surface area contributed by atoms with Crippen molar-refractivity contribution in [3.8, 4) is 0 Å². The van der Waals surface area contributed by atoms with E-state index in [0.717, 1.165) is 10.5 Å². The molecule has 0 heterocycles. The number of anilines is 1. The molecule has 4 nitrogen and oxygen atoms in total. The highest BCUT2D eigenvalue weighted by Crippen LogP contribution is 2.23. The second-order valence-electron chi connectivity index (χ2n) is 4.18. The van der Waals surface area contributed by atoms with E-state index in [-0.39, 0.29) is 15.7 Å². The van der Waals surface area contributed by atoms with E-state index in [4.69, 9.17) is 0 Å². The van der Waals surface area contributed by atoms with Crippen molar-refractivity contribution in [1.29, 1.82) is 0 Å². The second-order valence-corrected chi connectivity index (χ2v) is 7.04.